The molecule has 1 amide bonds. The van der Waals surface area contributed by atoms with Crippen molar-refractivity contribution in [1.82, 2.24) is 0 Å². The molecule has 6 heteroatoms. The second kappa shape index (κ2) is 5.63. The minimum absolute atomic E-state index is 0.298. The number of benzene rings is 1. The third kappa shape index (κ3) is 2.94. The number of nitrogens with zero attached hydrogens (tertiary/aromatic N) is 1. The SMILES string of the molecule is CCOC(=O)c1cc(N)ccc1N1CCC(C)(C(N)=O)C1. The van der Waals surface area contributed by atoms with Crippen LogP contribution in [-0.2, 0) is 9.53 Å². The van der Waals surface area contributed by atoms with E-state index in [0.717, 1.165) is 5.69 Å². The van der Waals surface area contributed by atoms with Crippen LogP contribution in [0.1, 0.15) is 30.6 Å². The molecule has 2 rings (SSSR count). The van der Waals surface area contributed by atoms with Crippen molar-refractivity contribution in [3.63, 3.8) is 0 Å². The van der Waals surface area contributed by atoms with Crippen LogP contribution in [0.5, 0.6) is 0 Å². The average Bonchev–Trinajstić information content (AvgIpc) is 2.83. The number of rotatable bonds is 4. The highest BCUT2D eigenvalue weighted by molar-refractivity contribution is 5.97. The molecule has 1 fully saturated rings. The number of primary amides is 1. The molecule has 1 heterocycles. The summed E-state index contributed by atoms with van der Waals surface area (Å²) >= 11 is 0. The van der Waals surface area contributed by atoms with Crippen molar-refractivity contribution in [1.29, 1.82) is 0 Å². The van der Waals surface area contributed by atoms with Crippen LogP contribution < -0.4 is 16.4 Å². The first kappa shape index (κ1) is 15.2. The standard InChI is InChI=1S/C15H21N3O3/c1-3-21-13(19)11-8-10(16)4-5-12(11)18-7-6-15(2,9-18)14(17)20/h4-5,8H,3,6-7,9,16H2,1-2H3,(H2,17,20). The third-order valence-corrected chi connectivity index (χ3v) is 3.92. The van der Waals surface area contributed by atoms with E-state index in [-0.39, 0.29) is 5.91 Å². The van der Waals surface area contributed by atoms with Crippen LogP contribution in [0.15, 0.2) is 18.2 Å². The predicted molar refractivity (Wildman–Crippen MR) is 80.9 cm³/mol. The Hall–Kier alpha value is -2.24. The van der Waals surface area contributed by atoms with Crippen LogP contribution in [0.2, 0.25) is 0 Å². The first-order valence-electron chi connectivity index (χ1n) is 6.99. The summed E-state index contributed by atoms with van der Waals surface area (Å²) in [7, 11) is 0. The zero-order valence-electron chi connectivity index (χ0n) is 12.4. The van der Waals surface area contributed by atoms with Gasteiger partial charge in [0.25, 0.3) is 0 Å². The lowest BCUT2D eigenvalue weighted by molar-refractivity contribution is -0.125. The Morgan fingerprint density at radius 1 is 1.43 bits per heavy atom. The monoisotopic (exact) mass is 291 g/mol. The molecular formula is C15H21N3O3. The summed E-state index contributed by atoms with van der Waals surface area (Å²) < 4.78 is 5.07. The summed E-state index contributed by atoms with van der Waals surface area (Å²) in [6.45, 7) is 5.04. The Balaban J connectivity index is 2.32. The van der Waals surface area contributed by atoms with Crippen LogP contribution >= 0.6 is 0 Å². The molecule has 0 spiro atoms. The molecular weight excluding hydrogens is 270 g/mol. The largest absolute Gasteiger partial charge is 0.462 e. The molecule has 0 saturated carbocycles. The van der Waals surface area contributed by atoms with E-state index in [2.05, 4.69) is 0 Å². The Labute approximate surface area is 124 Å². The molecule has 6 nitrogen and oxygen atoms in total. The molecule has 0 bridgehead atoms. The molecule has 0 aliphatic carbocycles. The topological polar surface area (TPSA) is 98.7 Å². The fourth-order valence-electron chi connectivity index (χ4n) is 2.57. The number of ether oxygens (including phenoxy) is 1. The van der Waals surface area contributed by atoms with E-state index in [1.165, 1.54) is 0 Å². The van der Waals surface area contributed by atoms with E-state index in [1.807, 2.05) is 11.8 Å². The first-order valence-corrected chi connectivity index (χ1v) is 6.99. The summed E-state index contributed by atoms with van der Waals surface area (Å²) in [5, 5.41) is 0. The van der Waals surface area contributed by atoms with Gasteiger partial charge in [-0.2, -0.15) is 0 Å². The van der Waals surface area contributed by atoms with Crippen molar-refractivity contribution >= 4 is 23.3 Å². The van der Waals surface area contributed by atoms with E-state index in [1.54, 1.807) is 25.1 Å². The molecule has 1 aliphatic heterocycles. The van der Waals surface area contributed by atoms with Crippen LogP contribution in [0.25, 0.3) is 0 Å². The van der Waals surface area contributed by atoms with Crippen molar-refractivity contribution in [2.45, 2.75) is 20.3 Å². The minimum atomic E-state index is -0.576. The quantitative estimate of drug-likeness (QED) is 0.640. The zero-order chi connectivity index (χ0) is 15.6. The highest BCUT2D eigenvalue weighted by Crippen LogP contribution is 2.35. The van der Waals surface area contributed by atoms with Gasteiger partial charge in [0, 0.05) is 18.8 Å². The summed E-state index contributed by atoms with van der Waals surface area (Å²) in [6.07, 6.45) is 0.662. The average molecular weight is 291 g/mol. The second-order valence-corrected chi connectivity index (χ2v) is 5.59. The number of anilines is 2. The Bertz CT molecular complexity index is 573. The fraction of sp³-hybridized carbons (Fsp3) is 0.467. The normalized spacial score (nSPS) is 21.3. The molecule has 1 atom stereocenters. The molecule has 0 radical (unpaired) electrons. The molecule has 1 aliphatic rings. The van der Waals surface area contributed by atoms with Crippen molar-refractivity contribution in [3.05, 3.63) is 23.8 Å². The minimum Gasteiger partial charge on any atom is -0.462 e. The molecule has 0 aromatic heterocycles. The van der Waals surface area contributed by atoms with Crippen molar-refractivity contribution in [2.75, 3.05) is 30.3 Å². The van der Waals surface area contributed by atoms with Crippen molar-refractivity contribution in [2.24, 2.45) is 11.1 Å². The van der Waals surface area contributed by atoms with E-state index < -0.39 is 11.4 Å². The van der Waals surface area contributed by atoms with Crippen LogP contribution in [-0.4, -0.2) is 31.6 Å². The number of hydrogen-bond acceptors (Lipinski definition) is 5. The van der Waals surface area contributed by atoms with Gasteiger partial charge in [0.05, 0.1) is 23.3 Å². The smallest absolute Gasteiger partial charge is 0.340 e. The summed E-state index contributed by atoms with van der Waals surface area (Å²) in [6, 6.07) is 5.12. The van der Waals surface area contributed by atoms with E-state index in [4.69, 9.17) is 16.2 Å². The van der Waals surface area contributed by atoms with Gasteiger partial charge in [0.15, 0.2) is 0 Å². The van der Waals surface area contributed by atoms with Crippen LogP contribution in [0.4, 0.5) is 11.4 Å². The van der Waals surface area contributed by atoms with Gasteiger partial charge in [-0.25, -0.2) is 4.79 Å². The molecule has 4 N–H and O–H groups in total. The lowest BCUT2D eigenvalue weighted by atomic mass is 9.89. The first-order chi connectivity index (χ1) is 9.87. The van der Waals surface area contributed by atoms with Gasteiger partial charge in [0.2, 0.25) is 5.91 Å². The van der Waals surface area contributed by atoms with Gasteiger partial charge in [-0.3, -0.25) is 4.79 Å². The predicted octanol–water partition coefficient (Wildman–Crippen LogP) is 1.15. The van der Waals surface area contributed by atoms with Crippen molar-refractivity contribution in [3.8, 4) is 0 Å². The number of nitrogens with two attached hydrogens (primary N) is 2. The van der Waals surface area contributed by atoms with E-state index in [9.17, 15) is 9.59 Å². The number of amides is 1. The molecule has 1 aromatic carbocycles. The number of nitrogen functional groups attached to an aromatic ring is 1. The van der Waals surface area contributed by atoms with E-state index in [0.29, 0.717) is 37.4 Å². The highest BCUT2D eigenvalue weighted by Gasteiger charge is 2.39. The van der Waals surface area contributed by atoms with Gasteiger partial charge < -0.3 is 21.1 Å². The lowest BCUT2D eigenvalue weighted by Crippen LogP contribution is -2.37. The molecule has 1 saturated heterocycles. The second-order valence-electron chi connectivity index (χ2n) is 5.59. The third-order valence-electron chi connectivity index (χ3n) is 3.92. The highest BCUT2D eigenvalue weighted by atomic mass is 16.5. The van der Waals surface area contributed by atoms with Crippen LogP contribution in [0.3, 0.4) is 0 Å². The number of carbonyl (C=O) groups excluding carboxylic acids is 2. The maximum atomic E-state index is 12.1. The van der Waals surface area contributed by atoms with Gasteiger partial charge in [-0.15, -0.1) is 0 Å². The summed E-state index contributed by atoms with van der Waals surface area (Å²) in [5.41, 5.74) is 12.3. The molecule has 21 heavy (non-hydrogen) atoms. The number of carbonyl (C=O) groups is 2. The summed E-state index contributed by atoms with van der Waals surface area (Å²) in [4.78, 5) is 25.6. The van der Waals surface area contributed by atoms with Gasteiger partial charge >= 0.3 is 5.97 Å². The molecule has 1 aromatic rings. The van der Waals surface area contributed by atoms with Gasteiger partial charge in [-0.1, -0.05) is 0 Å². The Kier molecular flexibility index (Phi) is 4.06. The maximum absolute atomic E-state index is 12.1. The van der Waals surface area contributed by atoms with Gasteiger partial charge in [-0.05, 0) is 38.5 Å². The fourth-order valence-corrected chi connectivity index (χ4v) is 2.57. The zero-order valence-corrected chi connectivity index (χ0v) is 12.4. The maximum Gasteiger partial charge on any atom is 0.340 e. The van der Waals surface area contributed by atoms with Crippen molar-refractivity contribution < 1.29 is 14.3 Å². The number of hydrogen-bond donors (Lipinski definition) is 2. The number of esters is 1. The van der Waals surface area contributed by atoms with Gasteiger partial charge in [0.1, 0.15) is 0 Å². The Morgan fingerprint density at radius 3 is 2.71 bits per heavy atom. The molecule has 114 valence electrons. The van der Waals surface area contributed by atoms with Crippen LogP contribution in [0, 0.1) is 5.41 Å². The summed E-state index contributed by atoms with van der Waals surface area (Å²) in [5.74, 6) is -0.731. The molecule has 1 unspecified atom stereocenters. The Morgan fingerprint density at radius 2 is 2.14 bits per heavy atom. The van der Waals surface area contributed by atoms with E-state index >= 15 is 0 Å². The lowest BCUT2D eigenvalue weighted by Gasteiger charge is -2.24.